The van der Waals surface area contributed by atoms with Crippen LogP contribution in [-0.4, -0.2) is 54.5 Å². The number of hydrogen-bond donors (Lipinski definition) is 1. The van der Waals surface area contributed by atoms with Crippen LogP contribution in [0.25, 0.3) is 0 Å². The summed E-state index contributed by atoms with van der Waals surface area (Å²) in [5.41, 5.74) is 0.284. The highest BCUT2D eigenvalue weighted by Gasteiger charge is 2.61. The van der Waals surface area contributed by atoms with Gasteiger partial charge in [-0.3, -0.25) is 9.69 Å². The molecule has 3 fully saturated rings. The summed E-state index contributed by atoms with van der Waals surface area (Å²) < 4.78 is 28.2. The van der Waals surface area contributed by atoms with Crippen molar-refractivity contribution in [1.29, 1.82) is 0 Å². The largest absolute Gasteiger partial charge is 0.391 e. The minimum Gasteiger partial charge on any atom is -0.391 e. The van der Waals surface area contributed by atoms with E-state index in [1.54, 1.807) is 43.6 Å². The van der Waals surface area contributed by atoms with Crippen molar-refractivity contribution in [2.75, 3.05) is 18.5 Å². The molecule has 5 rings (SSSR count). The number of aromatic nitrogens is 1. The van der Waals surface area contributed by atoms with Crippen LogP contribution in [-0.2, 0) is 10.0 Å². The quantitative estimate of drug-likeness (QED) is 0.825. The number of anilines is 1. The summed E-state index contributed by atoms with van der Waals surface area (Å²) in [5, 5.41) is 10.6. The second-order valence-corrected chi connectivity index (χ2v) is 10.2. The summed E-state index contributed by atoms with van der Waals surface area (Å²) in [6.45, 7) is 0.456. The first-order valence-corrected chi connectivity index (χ1v) is 11.3. The van der Waals surface area contributed by atoms with E-state index >= 15 is 0 Å². The van der Waals surface area contributed by atoms with E-state index in [2.05, 4.69) is 4.98 Å². The Labute approximate surface area is 170 Å². The molecule has 8 heteroatoms. The molecule has 0 radical (unpaired) electrons. The van der Waals surface area contributed by atoms with E-state index < -0.39 is 16.1 Å². The van der Waals surface area contributed by atoms with E-state index in [0.717, 1.165) is 12.8 Å². The molecule has 1 N–H and O–H groups in total. The van der Waals surface area contributed by atoms with Gasteiger partial charge in [-0.2, -0.15) is 4.31 Å². The van der Waals surface area contributed by atoms with Crippen molar-refractivity contribution in [3.8, 4) is 0 Å². The van der Waals surface area contributed by atoms with Crippen LogP contribution in [0.4, 0.5) is 5.82 Å². The summed E-state index contributed by atoms with van der Waals surface area (Å²) in [6, 6.07) is 11.1. The lowest BCUT2D eigenvalue weighted by atomic mass is 9.88. The van der Waals surface area contributed by atoms with E-state index in [-0.39, 0.29) is 34.2 Å². The van der Waals surface area contributed by atoms with E-state index in [9.17, 15) is 18.3 Å². The van der Waals surface area contributed by atoms with E-state index in [1.807, 2.05) is 0 Å². The molecule has 2 aromatic rings. The topological polar surface area (TPSA) is 90.8 Å². The number of nitrogens with zero attached hydrogens (tertiary/aromatic N) is 3. The molecule has 1 aromatic carbocycles. The average molecular weight is 413 g/mol. The zero-order valence-corrected chi connectivity index (χ0v) is 16.9. The lowest BCUT2D eigenvalue weighted by Gasteiger charge is -2.28. The minimum atomic E-state index is -3.79. The third-order valence-electron chi connectivity index (χ3n) is 6.79. The van der Waals surface area contributed by atoms with Gasteiger partial charge in [-0.1, -0.05) is 12.1 Å². The average Bonchev–Trinajstić information content (AvgIpc) is 3.37. The Kier molecular flexibility index (Phi) is 4.27. The van der Waals surface area contributed by atoms with Gasteiger partial charge in [0, 0.05) is 25.4 Å². The molecule has 3 aliphatic rings. The smallest absolute Gasteiger partial charge is 0.259 e. The van der Waals surface area contributed by atoms with Gasteiger partial charge in [0.1, 0.15) is 5.82 Å². The molecule has 0 spiro atoms. The Balaban J connectivity index is 1.44. The van der Waals surface area contributed by atoms with E-state index in [4.69, 9.17) is 0 Å². The maximum Gasteiger partial charge on any atom is 0.259 e. The molecule has 7 nitrogen and oxygen atoms in total. The Morgan fingerprint density at radius 2 is 2.00 bits per heavy atom. The number of benzene rings is 1. The zero-order valence-electron chi connectivity index (χ0n) is 16.0. The Hall–Kier alpha value is -2.29. The fraction of sp³-hybridized carbons (Fsp3) is 0.429. The minimum absolute atomic E-state index is 0.0923. The fourth-order valence-electron chi connectivity index (χ4n) is 5.41. The number of aliphatic hydroxyl groups excluding tert-OH is 1. The number of rotatable bonds is 4. The van der Waals surface area contributed by atoms with Gasteiger partial charge >= 0.3 is 0 Å². The monoisotopic (exact) mass is 413 g/mol. The van der Waals surface area contributed by atoms with Crippen LogP contribution in [0.1, 0.15) is 23.2 Å². The van der Waals surface area contributed by atoms with Gasteiger partial charge in [-0.25, -0.2) is 13.4 Å². The van der Waals surface area contributed by atoms with Crippen molar-refractivity contribution in [3.63, 3.8) is 0 Å². The van der Waals surface area contributed by atoms with Crippen LogP contribution in [0.2, 0.25) is 0 Å². The van der Waals surface area contributed by atoms with Crippen LogP contribution in [0.5, 0.6) is 0 Å². The van der Waals surface area contributed by atoms with Gasteiger partial charge in [0.15, 0.2) is 0 Å². The van der Waals surface area contributed by atoms with Crippen LogP contribution in [0, 0.1) is 17.8 Å². The first kappa shape index (κ1) is 18.7. The van der Waals surface area contributed by atoms with Crippen LogP contribution in [0.15, 0.2) is 53.6 Å². The second-order valence-electron chi connectivity index (χ2n) is 8.29. The summed E-state index contributed by atoms with van der Waals surface area (Å²) in [7, 11) is -2.18. The van der Waals surface area contributed by atoms with Crippen LogP contribution in [0.3, 0.4) is 0 Å². The van der Waals surface area contributed by atoms with Crippen molar-refractivity contribution in [2.45, 2.75) is 29.9 Å². The van der Waals surface area contributed by atoms with E-state index in [0.29, 0.717) is 18.3 Å². The highest BCUT2D eigenvalue weighted by Crippen LogP contribution is 2.56. The summed E-state index contributed by atoms with van der Waals surface area (Å²) in [5.74, 6) is 0.966. The highest BCUT2D eigenvalue weighted by molar-refractivity contribution is 7.89. The molecule has 2 aliphatic carbocycles. The molecule has 1 saturated heterocycles. The maximum atomic E-state index is 13.4. The predicted molar refractivity (Wildman–Crippen MR) is 107 cm³/mol. The van der Waals surface area contributed by atoms with Crippen LogP contribution >= 0.6 is 0 Å². The van der Waals surface area contributed by atoms with Gasteiger partial charge in [-0.15, -0.1) is 0 Å². The number of carbonyl (C=O) groups is 1. The molecule has 29 heavy (non-hydrogen) atoms. The number of sulfonamides is 1. The molecule has 1 aliphatic heterocycles. The van der Waals surface area contributed by atoms with Gasteiger partial charge in [0.05, 0.1) is 17.0 Å². The number of pyridine rings is 1. The third kappa shape index (κ3) is 2.81. The van der Waals surface area contributed by atoms with Crippen molar-refractivity contribution < 1.29 is 18.3 Å². The molecular formula is C21H23N3O4S. The van der Waals surface area contributed by atoms with Crippen LogP contribution < -0.4 is 4.90 Å². The Morgan fingerprint density at radius 3 is 2.72 bits per heavy atom. The molecule has 2 saturated carbocycles. The summed E-state index contributed by atoms with van der Waals surface area (Å²) in [4.78, 5) is 18.5. The molecule has 1 aromatic heterocycles. The normalized spacial score (nSPS) is 30.6. The van der Waals surface area contributed by atoms with Gasteiger partial charge in [0.25, 0.3) is 5.91 Å². The molecular weight excluding hydrogens is 390 g/mol. The van der Waals surface area contributed by atoms with Gasteiger partial charge < -0.3 is 5.11 Å². The summed E-state index contributed by atoms with van der Waals surface area (Å²) in [6.07, 6.45) is 2.83. The zero-order chi connectivity index (χ0) is 20.3. The number of aliphatic hydroxyl groups is 1. The third-order valence-corrected chi connectivity index (χ3v) is 8.65. The van der Waals surface area contributed by atoms with Crippen molar-refractivity contribution >= 4 is 21.7 Å². The lowest BCUT2D eigenvalue weighted by Crippen LogP contribution is -2.43. The molecule has 2 heterocycles. The maximum absolute atomic E-state index is 13.4. The standard InChI is InChI=1S/C21H23N3O4S/c1-23(18-7-2-3-8-22-18)21(26)13-5-4-6-16(10-13)29(27,28)24-12-15-9-14-11-17(15)19(24)20(14)25/h2-8,10,14-15,17,19-20,25H,9,11-12H2,1H3/t14-,15-,17+,19+,20+/m0/s1. The van der Waals surface area contributed by atoms with Gasteiger partial charge in [0.2, 0.25) is 10.0 Å². The number of hydrogen-bond acceptors (Lipinski definition) is 5. The van der Waals surface area contributed by atoms with Crippen molar-refractivity contribution in [2.24, 2.45) is 17.8 Å². The molecule has 2 bridgehead atoms. The Morgan fingerprint density at radius 1 is 1.17 bits per heavy atom. The number of fused-ring (bicyclic) bond motifs is 1. The van der Waals surface area contributed by atoms with E-state index in [1.165, 1.54) is 21.3 Å². The molecule has 5 atom stereocenters. The SMILES string of the molecule is CN(C(=O)c1cccc(S(=O)(=O)N2C[C@@H]3C[C@H]4C[C@H]3[C@@H]2[C@@H]4O)c1)c1ccccn1. The molecule has 1 amide bonds. The number of amides is 1. The molecule has 152 valence electrons. The molecule has 0 unspecified atom stereocenters. The van der Waals surface area contributed by atoms with Crippen molar-refractivity contribution in [1.82, 2.24) is 9.29 Å². The fourth-order valence-corrected chi connectivity index (χ4v) is 7.20. The predicted octanol–water partition coefficient (Wildman–Crippen LogP) is 1.75. The second kappa shape index (κ2) is 6.62. The van der Waals surface area contributed by atoms with Crippen molar-refractivity contribution in [3.05, 3.63) is 54.2 Å². The number of carbonyl (C=O) groups excluding carboxylic acids is 1. The van der Waals surface area contributed by atoms with Gasteiger partial charge in [-0.05, 0) is 60.9 Å². The first-order valence-electron chi connectivity index (χ1n) is 9.87. The lowest BCUT2D eigenvalue weighted by molar-refractivity contribution is 0.0731. The highest BCUT2D eigenvalue weighted by atomic mass is 32.2. The first-order chi connectivity index (χ1) is 13.9. The summed E-state index contributed by atoms with van der Waals surface area (Å²) >= 11 is 0. The Bertz CT molecular complexity index is 1060.